The highest BCUT2D eigenvalue weighted by Gasteiger charge is 2.28. The van der Waals surface area contributed by atoms with Gasteiger partial charge in [-0.25, -0.2) is 0 Å². The number of nitrogens with zero attached hydrogens (tertiary/aromatic N) is 1. The van der Waals surface area contributed by atoms with Gasteiger partial charge in [0, 0.05) is 23.2 Å². The molecule has 1 atom stereocenters. The van der Waals surface area contributed by atoms with Crippen molar-refractivity contribution in [1.29, 1.82) is 0 Å². The summed E-state index contributed by atoms with van der Waals surface area (Å²) < 4.78 is 0.974. The highest BCUT2D eigenvalue weighted by molar-refractivity contribution is 9.10. The monoisotopic (exact) mass is 358 g/mol. The maximum Gasteiger partial charge on any atom is 0.228 e. The van der Waals surface area contributed by atoms with Crippen LogP contribution in [-0.2, 0) is 11.3 Å². The molecule has 0 aliphatic carbocycles. The number of halogens is 1. The molecule has 1 saturated heterocycles. The first-order chi connectivity index (χ1) is 10.7. The maximum atomic E-state index is 12.4. The molecule has 1 fully saturated rings. The van der Waals surface area contributed by atoms with Crippen LogP contribution in [0, 0.1) is 5.92 Å². The predicted octanol–water partition coefficient (Wildman–Crippen LogP) is 3.91. The standard InChI is InChI=1S/C18H19BrN2O/c19-16-7-4-8-17(11-16)20-18(22)15-9-10-21(13-15)12-14-5-2-1-3-6-14/h1-8,11,15H,9-10,12-13H2,(H,20,22). The minimum atomic E-state index is 0.0719. The summed E-state index contributed by atoms with van der Waals surface area (Å²) in [7, 11) is 0. The Bertz CT molecular complexity index is 645. The molecule has 0 spiro atoms. The number of likely N-dealkylation sites (tertiary alicyclic amines) is 1. The Morgan fingerprint density at radius 1 is 1.18 bits per heavy atom. The van der Waals surface area contributed by atoms with E-state index in [1.165, 1.54) is 5.56 Å². The van der Waals surface area contributed by atoms with Gasteiger partial charge in [-0.15, -0.1) is 0 Å². The molecule has 1 amide bonds. The molecule has 1 unspecified atom stereocenters. The molecule has 1 aliphatic heterocycles. The van der Waals surface area contributed by atoms with E-state index in [0.717, 1.165) is 36.2 Å². The molecule has 4 heteroatoms. The fourth-order valence-corrected chi connectivity index (χ4v) is 3.24. The zero-order chi connectivity index (χ0) is 15.4. The fraction of sp³-hybridized carbons (Fsp3) is 0.278. The third kappa shape index (κ3) is 3.96. The molecular weight excluding hydrogens is 340 g/mol. The largest absolute Gasteiger partial charge is 0.326 e. The van der Waals surface area contributed by atoms with Crippen LogP contribution in [-0.4, -0.2) is 23.9 Å². The number of benzene rings is 2. The summed E-state index contributed by atoms with van der Waals surface area (Å²) in [5.41, 5.74) is 2.15. The topological polar surface area (TPSA) is 32.3 Å². The number of hydrogen-bond donors (Lipinski definition) is 1. The van der Waals surface area contributed by atoms with Gasteiger partial charge in [0.25, 0.3) is 0 Å². The third-order valence-electron chi connectivity index (χ3n) is 3.98. The van der Waals surface area contributed by atoms with Crippen LogP contribution in [0.5, 0.6) is 0 Å². The minimum Gasteiger partial charge on any atom is -0.326 e. The van der Waals surface area contributed by atoms with Gasteiger partial charge in [-0.3, -0.25) is 9.69 Å². The summed E-state index contributed by atoms with van der Waals surface area (Å²) >= 11 is 3.42. The van der Waals surface area contributed by atoms with Crippen molar-refractivity contribution in [2.24, 2.45) is 5.92 Å². The number of carbonyl (C=O) groups excluding carboxylic acids is 1. The second-order valence-corrected chi connectivity index (χ2v) is 6.62. The maximum absolute atomic E-state index is 12.4. The van der Waals surface area contributed by atoms with Crippen molar-refractivity contribution in [3.05, 3.63) is 64.6 Å². The van der Waals surface area contributed by atoms with Crippen LogP contribution >= 0.6 is 15.9 Å². The van der Waals surface area contributed by atoms with E-state index in [2.05, 4.69) is 50.4 Å². The fourth-order valence-electron chi connectivity index (χ4n) is 2.84. The molecule has 22 heavy (non-hydrogen) atoms. The quantitative estimate of drug-likeness (QED) is 0.898. The van der Waals surface area contributed by atoms with Crippen LogP contribution in [0.1, 0.15) is 12.0 Å². The Balaban J connectivity index is 1.55. The van der Waals surface area contributed by atoms with Crippen molar-refractivity contribution in [3.8, 4) is 0 Å². The van der Waals surface area contributed by atoms with Crippen LogP contribution in [0.4, 0.5) is 5.69 Å². The Hall–Kier alpha value is -1.65. The molecule has 1 aliphatic rings. The van der Waals surface area contributed by atoms with Crippen LogP contribution in [0.25, 0.3) is 0 Å². The second-order valence-electron chi connectivity index (χ2n) is 5.71. The number of carbonyl (C=O) groups is 1. The van der Waals surface area contributed by atoms with Gasteiger partial charge in [0.2, 0.25) is 5.91 Å². The Labute approximate surface area is 139 Å². The SMILES string of the molecule is O=C(Nc1cccc(Br)c1)C1CCN(Cc2ccccc2)C1. The van der Waals surface area contributed by atoms with Gasteiger partial charge in [-0.1, -0.05) is 52.3 Å². The molecule has 0 radical (unpaired) electrons. The highest BCUT2D eigenvalue weighted by Crippen LogP contribution is 2.22. The minimum absolute atomic E-state index is 0.0719. The summed E-state index contributed by atoms with van der Waals surface area (Å²) in [5, 5.41) is 3.01. The number of nitrogens with one attached hydrogen (secondary N) is 1. The molecule has 1 heterocycles. The first-order valence-electron chi connectivity index (χ1n) is 7.53. The predicted molar refractivity (Wildman–Crippen MR) is 92.6 cm³/mol. The number of amides is 1. The molecule has 2 aromatic rings. The van der Waals surface area contributed by atoms with Crippen molar-refractivity contribution in [2.75, 3.05) is 18.4 Å². The van der Waals surface area contributed by atoms with E-state index >= 15 is 0 Å². The molecular formula is C18H19BrN2O. The van der Waals surface area contributed by atoms with Gasteiger partial charge in [-0.2, -0.15) is 0 Å². The lowest BCUT2D eigenvalue weighted by Gasteiger charge is -2.16. The van der Waals surface area contributed by atoms with Gasteiger partial charge in [0.1, 0.15) is 0 Å². The highest BCUT2D eigenvalue weighted by atomic mass is 79.9. The van der Waals surface area contributed by atoms with Gasteiger partial charge >= 0.3 is 0 Å². The Kier molecular flexibility index (Phi) is 4.90. The summed E-state index contributed by atoms with van der Waals surface area (Å²) in [6.07, 6.45) is 0.923. The van der Waals surface area contributed by atoms with E-state index < -0.39 is 0 Å². The smallest absolute Gasteiger partial charge is 0.228 e. The number of hydrogen-bond acceptors (Lipinski definition) is 2. The van der Waals surface area contributed by atoms with E-state index in [9.17, 15) is 4.79 Å². The van der Waals surface area contributed by atoms with Crippen LogP contribution in [0.2, 0.25) is 0 Å². The summed E-state index contributed by atoms with van der Waals surface area (Å²) in [5.74, 6) is 0.191. The average Bonchev–Trinajstić information content (AvgIpc) is 2.97. The van der Waals surface area contributed by atoms with E-state index in [1.807, 2.05) is 30.3 Å². The van der Waals surface area contributed by atoms with Gasteiger partial charge in [0.15, 0.2) is 0 Å². The zero-order valence-electron chi connectivity index (χ0n) is 12.3. The summed E-state index contributed by atoms with van der Waals surface area (Å²) in [4.78, 5) is 14.7. The van der Waals surface area contributed by atoms with Crippen LogP contribution in [0.3, 0.4) is 0 Å². The third-order valence-corrected chi connectivity index (χ3v) is 4.48. The van der Waals surface area contributed by atoms with Gasteiger partial charge < -0.3 is 5.32 Å². The molecule has 0 bridgehead atoms. The Morgan fingerprint density at radius 3 is 2.77 bits per heavy atom. The first kappa shape index (κ1) is 15.3. The van der Waals surface area contributed by atoms with Gasteiger partial charge in [-0.05, 0) is 36.7 Å². The number of anilines is 1. The van der Waals surface area contributed by atoms with E-state index in [1.54, 1.807) is 0 Å². The molecule has 2 aromatic carbocycles. The van der Waals surface area contributed by atoms with Crippen molar-refractivity contribution in [2.45, 2.75) is 13.0 Å². The molecule has 3 nitrogen and oxygen atoms in total. The molecule has 3 rings (SSSR count). The normalized spacial score (nSPS) is 18.3. The van der Waals surface area contributed by atoms with Crippen LogP contribution in [0.15, 0.2) is 59.1 Å². The lowest BCUT2D eigenvalue weighted by Crippen LogP contribution is -2.26. The molecule has 1 N–H and O–H groups in total. The molecule has 0 aromatic heterocycles. The van der Waals surface area contributed by atoms with Gasteiger partial charge in [0.05, 0.1) is 5.92 Å². The van der Waals surface area contributed by atoms with Crippen molar-refractivity contribution >= 4 is 27.5 Å². The zero-order valence-corrected chi connectivity index (χ0v) is 13.9. The van der Waals surface area contributed by atoms with Crippen molar-refractivity contribution in [1.82, 2.24) is 4.90 Å². The Morgan fingerprint density at radius 2 is 2.00 bits per heavy atom. The van der Waals surface area contributed by atoms with Crippen molar-refractivity contribution in [3.63, 3.8) is 0 Å². The first-order valence-corrected chi connectivity index (χ1v) is 8.33. The van der Waals surface area contributed by atoms with Crippen molar-refractivity contribution < 1.29 is 4.79 Å². The van der Waals surface area contributed by atoms with E-state index in [-0.39, 0.29) is 11.8 Å². The summed E-state index contributed by atoms with van der Waals surface area (Å²) in [6, 6.07) is 18.1. The number of rotatable bonds is 4. The average molecular weight is 359 g/mol. The lowest BCUT2D eigenvalue weighted by molar-refractivity contribution is -0.119. The lowest BCUT2D eigenvalue weighted by atomic mass is 10.1. The van der Waals surface area contributed by atoms with E-state index in [4.69, 9.17) is 0 Å². The molecule has 114 valence electrons. The summed E-state index contributed by atoms with van der Waals surface area (Å²) in [6.45, 7) is 2.72. The second kappa shape index (κ2) is 7.07. The van der Waals surface area contributed by atoms with Crippen LogP contribution < -0.4 is 5.32 Å². The van der Waals surface area contributed by atoms with E-state index in [0.29, 0.717) is 0 Å². The molecule has 0 saturated carbocycles.